The molecule has 0 amide bonds. The molecule has 11 heteroatoms. The van der Waals surface area contributed by atoms with Crippen LogP contribution in [-0.4, -0.2) is 59.3 Å². The Morgan fingerprint density at radius 1 is 1.21 bits per heavy atom. The summed E-state index contributed by atoms with van der Waals surface area (Å²) >= 11 is 5.88. The van der Waals surface area contributed by atoms with E-state index in [0.29, 0.717) is 5.02 Å². The summed E-state index contributed by atoms with van der Waals surface area (Å²) in [7, 11) is 0. The Morgan fingerprint density at radius 2 is 1.93 bits per heavy atom. The van der Waals surface area contributed by atoms with Gasteiger partial charge in [0, 0.05) is 5.02 Å². The Hall–Kier alpha value is -2.50. The zero-order valence-electron chi connectivity index (χ0n) is 14.5. The second kappa shape index (κ2) is 7.15. The van der Waals surface area contributed by atoms with Gasteiger partial charge in [0.25, 0.3) is 5.56 Å². The van der Waals surface area contributed by atoms with Gasteiger partial charge in [-0.2, -0.15) is 4.98 Å². The van der Waals surface area contributed by atoms with E-state index in [1.165, 1.54) is 15.5 Å². The Bertz CT molecular complexity index is 1070. The van der Waals surface area contributed by atoms with Crippen LogP contribution in [0.1, 0.15) is 11.8 Å². The third kappa shape index (κ3) is 3.05. The van der Waals surface area contributed by atoms with Crippen LogP contribution in [0, 0.1) is 0 Å². The van der Waals surface area contributed by atoms with Crippen LogP contribution < -0.4 is 11.3 Å². The molecule has 1 aromatic carbocycles. The lowest BCUT2D eigenvalue weighted by molar-refractivity contribution is -0.0511. The van der Waals surface area contributed by atoms with E-state index < -0.39 is 36.7 Å². The van der Waals surface area contributed by atoms with Crippen LogP contribution in [0.25, 0.3) is 11.2 Å². The summed E-state index contributed by atoms with van der Waals surface area (Å²) in [5, 5.41) is 30.0. The third-order valence-electron chi connectivity index (χ3n) is 4.76. The minimum absolute atomic E-state index is 0.0408. The normalized spacial score (nSPS) is 24.9. The SMILES string of the molecule is Nc1nc2c(ncn2C2OC(CO)C(O)C2O)c(=O)n1Cc1ccc(Cl)cc1. The maximum atomic E-state index is 12.9. The van der Waals surface area contributed by atoms with Crippen LogP contribution >= 0.6 is 11.6 Å². The fourth-order valence-corrected chi connectivity index (χ4v) is 3.36. The molecule has 1 aliphatic heterocycles. The highest BCUT2D eigenvalue weighted by Gasteiger charge is 2.44. The van der Waals surface area contributed by atoms with Gasteiger partial charge in [-0.3, -0.25) is 13.9 Å². The molecule has 4 rings (SSSR count). The Labute approximate surface area is 163 Å². The molecule has 4 unspecified atom stereocenters. The van der Waals surface area contributed by atoms with Crippen molar-refractivity contribution in [3.63, 3.8) is 0 Å². The number of aliphatic hydroxyl groups is 3. The number of rotatable bonds is 4. The Morgan fingerprint density at radius 3 is 2.57 bits per heavy atom. The number of fused-ring (bicyclic) bond motifs is 1. The number of halogens is 1. The zero-order valence-corrected chi connectivity index (χ0v) is 15.3. The monoisotopic (exact) mass is 407 g/mol. The predicted molar refractivity (Wildman–Crippen MR) is 99.8 cm³/mol. The van der Waals surface area contributed by atoms with Crippen molar-refractivity contribution in [3.8, 4) is 0 Å². The number of aromatic nitrogens is 4. The Balaban J connectivity index is 1.74. The molecule has 1 saturated heterocycles. The third-order valence-corrected chi connectivity index (χ3v) is 5.01. The van der Waals surface area contributed by atoms with Gasteiger partial charge in [-0.15, -0.1) is 0 Å². The highest BCUT2D eigenvalue weighted by molar-refractivity contribution is 6.30. The lowest BCUT2D eigenvalue weighted by Gasteiger charge is -2.17. The number of anilines is 1. The predicted octanol–water partition coefficient (Wildman–Crippen LogP) is -0.512. The lowest BCUT2D eigenvalue weighted by Crippen LogP contribution is -2.33. The van der Waals surface area contributed by atoms with Crippen molar-refractivity contribution in [2.75, 3.05) is 12.3 Å². The van der Waals surface area contributed by atoms with Gasteiger partial charge in [-0.1, -0.05) is 23.7 Å². The van der Waals surface area contributed by atoms with Gasteiger partial charge in [0.05, 0.1) is 19.5 Å². The summed E-state index contributed by atoms with van der Waals surface area (Å²) in [6.07, 6.45) is -3.34. The molecular formula is C17H18ClN5O5. The number of nitrogen functional groups attached to an aromatic ring is 1. The quantitative estimate of drug-likeness (QED) is 0.451. The maximum Gasteiger partial charge on any atom is 0.283 e. The van der Waals surface area contributed by atoms with Gasteiger partial charge in [-0.25, -0.2) is 4.98 Å². The number of ether oxygens (including phenoxy) is 1. The topological polar surface area (TPSA) is 149 Å². The van der Waals surface area contributed by atoms with Crippen molar-refractivity contribution in [2.45, 2.75) is 31.1 Å². The summed E-state index contributed by atoms with van der Waals surface area (Å²) < 4.78 is 8.08. The van der Waals surface area contributed by atoms with Gasteiger partial charge in [-0.05, 0) is 17.7 Å². The highest BCUT2D eigenvalue weighted by atomic mass is 35.5. The second-order valence-electron chi connectivity index (χ2n) is 6.54. The molecule has 1 aliphatic rings. The number of nitrogens with two attached hydrogens (primary N) is 1. The molecule has 0 bridgehead atoms. The molecule has 0 radical (unpaired) electrons. The second-order valence-corrected chi connectivity index (χ2v) is 6.98. The van der Waals surface area contributed by atoms with Crippen molar-refractivity contribution >= 4 is 28.7 Å². The highest BCUT2D eigenvalue weighted by Crippen LogP contribution is 2.31. The number of imidazole rings is 1. The maximum absolute atomic E-state index is 12.9. The first-order valence-electron chi connectivity index (χ1n) is 8.50. The number of nitrogens with zero attached hydrogens (tertiary/aromatic N) is 4. The average Bonchev–Trinajstić information content (AvgIpc) is 3.21. The molecule has 2 aromatic heterocycles. The molecule has 28 heavy (non-hydrogen) atoms. The van der Waals surface area contributed by atoms with Crippen LogP contribution in [0.15, 0.2) is 35.4 Å². The molecule has 4 atom stereocenters. The van der Waals surface area contributed by atoms with Crippen molar-refractivity contribution in [1.82, 2.24) is 19.1 Å². The standard InChI is InChI=1S/C17H18ClN5O5/c18-9-3-1-8(2-4-9)5-22-15(27)11-14(21-17(22)19)23(7-20-11)16-13(26)12(25)10(6-24)28-16/h1-4,7,10,12-13,16,24-26H,5-6H2,(H2,19,21). The van der Waals surface area contributed by atoms with Crippen LogP contribution in [0.2, 0.25) is 5.02 Å². The summed E-state index contributed by atoms with van der Waals surface area (Å²) in [6, 6.07) is 6.97. The minimum Gasteiger partial charge on any atom is -0.394 e. The zero-order chi connectivity index (χ0) is 20.0. The number of benzene rings is 1. The van der Waals surface area contributed by atoms with Gasteiger partial charge >= 0.3 is 0 Å². The molecule has 0 spiro atoms. The molecule has 0 saturated carbocycles. The van der Waals surface area contributed by atoms with Crippen molar-refractivity contribution in [3.05, 3.63) is 51.5 Å². The molecule has 3 aromatic rings. The molecule has 148 valence electrons. The van der Waals surface area contributed by atoms with Gasteiger partial charge in [0.1, 0.15) is 18.3 Å². The van der Waals surface area contributed by atoms with Gasteiger partial charge < -0.3 is 25.8 Å². The molecule has 10 nitrogen and oxygen atoms in total. The van der Waals surface area contributed by atoms with Crippen molar-refractivity contribution in [1.29, 1.82) is 0 Å². The van der Waals surface area contributed by atoms with Crippen molar-refractivity contribution < 1.29 is 20.1 Å². The minimum atomic E-state index is -1.32. The number of hydrogen-bond acceptors (Lipinski definition) is 8. The summed E-state index contributed by atoms with van der Waals surface area (Å²) in [5.74, 6) is -0.0408. The number of hydrogen-bond donors (Lipinski definition) is 4. The lowest BCUT2D eigenvalue weighted by atomic mass is 10.1. The fourth-order valence-electron chi connectivity index (χ4n) is 3.24. The first-order chi connectivity index (χ1) is 13.4. The van der Waals surface area contributed by atoms with E-state index in [2.05, 4.69) is 9.97 Å². The van der Waals surface area contributed by atoms with Gasteiger partial charge in [0.2, 0.25) is 5.95 Å². The Kier molecular flexibility index (Phi) is 4.81. The fraction of sp³-hybridized carbons (Fsp3) is 0.353. The van der Waals surface area contributed by atoms with E-state index in [1.807, 2.05) is 0 Å². The van der Waals surface area contributed by atoms with Crippen LogP contribution in [-0.2, 0) is 11.3 Å². The van der Waals surface area contributed by atoms with Crippen LogP contribution in [0.4, 0.5) is 5.95 Å². The van der Waals surface area contributed by atoms with E-state index >= 15 is 0 Å². The van der Waals surface area contributed by atoms with Crippen LogP contribution in [0.5, 0.6) is 0 Å². The summed E-state index contributed by atoms with van der Waals surface area (Å²) in [4.78, 5) is 21.2. The largest absolute Gasteiger partial charge is 0.394 e. The molecular weight excluding hydrogens is 390 g/mol. The van der Waals surface area contributed by atoms with Gasteiger partial charge in [0.15, 0.2) is 17.4 Å². The first-order valence-corrected chi connectivity index (χ1v) is 8.88. The molecule has 5 N–H and O–H groups in total. The number of aliphatic hydroxyl groups excluding tert-OH is 3. The van der Waals surface area contributed by atoms with E-state index in [-0.39, 0.29) is 23.7 Å². The molecule has 3 heterocycles. The smallest absolute Gasteiger partial charge is 0.283 e. The van der Waals surface area contributed by atoms with E-state index in [0.717, 1.165) is 5.56 Å². The summed E-state index contributed by atoms with van der Waals surface area (Å²) in [6.45, 7) is -0.281. The molecule has 1 fully saturated rings. The van der Waals surface area contributed by atoms with E-state index in [1.54, 1.807) is 24.3 Å². The van der Waals surface area contributed by atoms with E-state index in [4.69, 9.17) is 22.1 Å². The van der Waals surface area contributed by atoms with Crippen molar-refractivity contribution in [2.24, 2.45) is 0 Å². The van der Waals surface area contributed by atoms with Crippen LogP contribution in [0.3, 0.4) is 0 Å². The summed E-state index contributed by atoms with van der Waals surface area (Å²) in [5.41, 5.74) is 6.51. The molecule has 0 aliphatic carbocycles. The van der Waals surface area contributed by atoms with E-state index in [9.17, 15) is 20.1 Å². The average molecular weight is 408 g/mol. The first kappa shape index (κ1) is 18.8.